The zero-order chi connectivity index (χ0) is 25.1. The summed E-state index contributed by atoms with van der Waals surface area (Å²) in [5.74, 6) is 0.394. The van der Waals surface area contributed by atoms with E-state index >= 15 is 0 Å². The first-order valence-electron chi connectivity index (χ1n) is 11.6. The highest BCUT2D eigenvalue weighted by Gasteiger charge is 2.42. The Balaban J connectivity index is 1.61. The van der Waals surface area contributed by atoms with Crippen LogP contribution in [0.15, 0.2) is 85.5 Å². The fourth-order valence-corrected chi connectivity index (χ4v) is 4.94. The Kier molecular flexibility index (Phi) is 6.64. The van der Waals surface area contributed by atoms with E-state index in [2.05, 4.69) is 48.4 Å². The largest absolute Gasteiger partial charge is 0.495 e. The fraction of sp³-hybridized carbons (Fsp3) is 0.185. The van der Waals surface area contributed by atoms with Crippen molar-refractivity contribution in [3.8, 4) is 5.75 Å². The zero-order valence-corrected chi connectivity index (χ0v) is 20.8. The number of thiocarbonyl (C=S) groups is 1. The van der Waals surface area contributed by atoms with Gasteiger partial charge in [0.05, 0.1) is 24.5 Å². The molecule has 0 bridgehead atoms. The lowest BCUT2D eigenvalue weighted by Crippen LogP contribution is -2.30. The topological polar surface area (TPSA) is 84.3 Å². The molecule has 36 heavy (non-hydrogen) atoms. The first-order chi connectivity index (χ1) is 17.5. The lowest BCUT2D eigenvalue weighted by atomic mass is 10.0. The van der Waals surface area contributed by atoms with Gasteiger partial charge >= 0.3 is 0 Å². The van der Waals surface area contributed by atoms with Crippen molar-refractivity contribution in [2.75, 3.05) is 17.3 Å². The van der Waals surface area contributed by atoms with E-state index in [1.165, 1.54) is 6.92 Å². The summed E-state index contributed by atoms with van der Waals surface area (Å²) >= 11 is 5.87. The minimum atomic E-state index is -0.197. The maximum absolute atomic E-state index is 11.8. The van der Waals surface area contributed by atoms with Crippen LogP contribution in [0, 0.1) is 0 Å². The van der Waals surface area contributed by atoms with Crippen molar-refractivity contribution in [3.63, 3.8) is 0 Å². The van der Waals surface area contributed by atoms with Gasteiger partial charge in [-0.05, 0) is 66.3 Å². The Morgan fingerprint density at radius 3 is 2.75 bits per heavy atom. The van der Waals surface area contributed by atoms with E-state index in [-0.39, 0.29) is 18.0 Å². The number of benzene rings is 1. The molecule has 1 aliphatic heterocycles. The minimum absolute atomic E-state index is 0.180. The van der Waals surface area contributed by atoms with Crippen LogP contribution in [0.2, 0.25) is 0 Å². The van der Waals surface area contributed by atoms with Gasteiger partial charge in [-0.2, -0.15) is 0 Å². The van der Waals surface area contributed by atoms with Gasteiger partial charge in [-0.1, -0.05) is 12.1 Å². The van der Waals surface area contributed by atoms with Crippen LogP contribution in [0.25, 0.3) is 0 Å². The van der Waals surface area contributed by atoms with Crippen LogP contribution in [-0.4, -0.2) is 32.7 Å². The van der Waals surface area contributed by atoms with E-state index in [4.69, 9.17) is 17.0 Å². The number of carbonyl (C=O) groups excluding carboxylic acids is 1. The fourth-order valence-electron chi connectivity index (χ4n) is 4.59. The van der Waals surface area contributed by atoms with Gasteiger partial charge < -0.3 is 24.8 Å². The summed E-state index contributed by atoms with van der Waals surface area (Å²) in [4.78, 5) is 22.8. The second kappa shape index (κ2) is 10.2. The van der Waals surface area contributed by atoms with E-state index in [9.17, 15) is 4.79 Å². The standard InChI is InChI=1S/C27H26N6O2S/c1-18(34)30-22-15-20(10-11-24(22)35-2)33-26(25(31-27(33)36)21-8-3-4-13-29-21)23-9-6-14-32(23)17-19-7-5-12-28-16-19/h3-16,25-26H,17H2,1-2H3,(H,30,34)(H,31,36). The summed E-state index contributed by atoms with van der Waals surface area (Å²) in [6, 6.07) is 19.3. The number of pyridine rings is 2. The summed E-state index contributed by atoms with van der Waals surface area (Å²) in [6.07, 6.45) is 7.50. The molecular formula is C27H26N6O2S. The predicted octanol–water partition coefficient (Wildman–Crippen LogP) is 4.47. The number of nitrogens with one attached hydrogen (secondary N) is 2. The van der Waals surface area contributed by atoms with Gasteiger partial charge in [0.1, 0.15) is 11.8 Å². The van der Waals surface area contributed by atoms with E-state index in [1.54, 1.807) is 19.5 Å². The normalized spacial score (nSPS) is 17.1. The molecule has 2 atom stereocenters. The highest BCUT2D eigenvalue weighted by molar-refractivity contribution is 7.80. The number of rotatable bonds is 7. The second-order valence-corrected chi connectivity index (χ2v) is 8.87. The first kappa shape index (κ1) is 23.5. The molecule has 0 saturated carbocycles. The lowest BCUT2D eigenvalue weighted by Gasteiger charge is -2.29. The molecule has 2 N–H and O–H groups in total. The molecule has 0 radical (unpaired) electrons. The van der Waals surface area contributed by atoms with Crippen LogP contribution in [0.1, 0.15) is 36.0 Å². The Morgan fingerprint density at radius 2 is 2.03 bits per heavy atom. The Hall–Kier alpha value is -4.24. The molecule has 0 spiro atoms. The van der Waals surface area contributed by atoms with Crippen molar-refractivity contribution >= 4 is 34.6 Å². The first-order valence-corrected chi connectivity index (χ1v) is 12.0. The third-order valence-corrected chi connectivity index (χ3v) is 6.43. The van der Waals surface area contributed by atoms with Gasteiger partial charge in [0.2, 0.25) is 5.91 Å². The molecule has 0 aliphatic carbocycles. The number of nitrogens with zero attached hydrogens (tertiary/aromatic N) is 4. The maximum Gasteiger partial charge on any atom is 0.221 e. The van der Waals surface area contributed by atoms with Gasteiger partial charge in [-0.3, -0.25) is 14.8 Å². The smallest absolute Gasteiger partial charge is 0.221 e. The van der Waals surface area contributed by atoms with Crippen LogP contribution in [0.3, 0.4) is 0 Å². The lowest BCUT2D eigenvalue weighted by molar-refractivity contribution is -0.114. The Bertz CT molecular complexity index is 1380. The van der Waals surface area contributed by atoms with E-state index < -0.39 is 0 Å². The van der Waals surface area contributed by atoms with E-state index in [0.29, 0.717) is 23.1 Å². The molecule has 1 fully saturated rings. The van der Waals surface area contributed by atoms with Crippen LogP contribution < -0.4 is 20.3 Å². The van der Waals surface area contributed by atoms with Crippen molar-refractivity contribution in [1.82, 2.24) is 19.9 Å². The minimum Gasteiger partial charge on any atom is -0.495 e. The molecule has 182 valence electrons. The van der Waals surface area contributed by atoms with Crippen molar-refractivity contribution in [1.29, 1.82) is 0 Å². The Morgan fingerprint density at radius 1 is 1.14 bits per heavy atom. The molecule has 3 aromatic heterocycles. The van der Waals surface area contributed by atoms with Crippen LogP contribution in [-0.2, 0) is 11.3 Å². The molecule has 4 heterocycles. The molecule has 2 unspecified atom stereocenters. The number of methoxy groups -OCH3 is 1. The van der Waals surface area contributed by atoms with Crippen LogP contribution in [0.5, 0.6) is 5.75 Å². The quantitative estimate of drug-likeness (QED) is 0.364. The molecule has 1 aromatic carbocycles. The number of ether oxygens (including phenoxy) is 1. The van der Waals surface area contributed by atoms with Crippen LogP contribution >= 0.6 is 12.2 Å². The summed E-state index contributed by atoms with van der Waals surface area (Å²) in [7, 11) is 1.58. The number of amides is 1. The van der Waals surface area contributed by atoms with Crippen molar-refractivity contribution in [3.05, 3.63) is 102 Å². The number of anilines is 2. The average Bonchev–Trinajstić information content (AvgIpc) is 3.48. The maximum atomic E-state index is 11.8. The van der Waals surface area contributed by atoms with E-state index in [1.807, 2.05) is 54.7 Å². The van der Waals surface area contributed by atoms with Crippen molar-refractivity contribution < 1.29 is 9.53 Å². The molecule has 1 saturated heterocycles. The van der Waals surface area contributed by atoms with Gasteiger partial charge in [-0.15, -0.1) is 0 Å². The summed E-state index contributed by atoms with van der Waals surface area (Å²) in [5, 5.41) is 6.92. The third-order valence-electron chi connectivity index (χ3n) is 6.11. The number of hydrogen-bond donors (Lipinski definition) is 2. The highest BCUT2D eigenvalue weighted by atomic mass is 32.1. The van der Waals surface area contributed by atoms with Crippen molar-refractivity contribution in [2.45, 2.75) is 25.6 Å². The third kappa shape index (κ3) is 4.65. The Labute approximate surface area is 215 Å². The summed E-state index contributed by atoms with van der Waals surface area (Å²) < 4.78 is 7.67. The molecule has 1 aliphatic rings. The number of carbonyl (C=O) groups is 1. The van der Waals surface area contributed by atoms with Gasteiger partial charge in [0, 0.05) is 49.6 Å². The van der Waals surface area contributed by atoms with Gasteiger partial charge in [-0.25, -0.2) is 0 Å². The van der Waals surface area contributed by atoms with Crippen LogP contribution in [0.4, 0.5) is 11.4 Å². The highest BCUT2D eigenvalue weighted by Crippen LogP contribution is 2.43. The average molecular weight is 499 g/mol. The van der Waals surface area contributed by atoms with Gasteiger partial charge in [0.15, 0.2) is 5.11 Å². The summed E-state index contributed by atoms with van der Waals surface area (Å²) in [6.45, 7) is 2.14. The molecule has 8 nitrogen and oxygen atoms in total. The summed E-state index contributed by atoms with van der Waals surface area (Å²) in [5.41, 5.74) is 4.46. The number of hydrogen-bond acceptors (Lipinski definition) is 5. The van der Waals surface area contributed by atoms with E-state index in [0.717, 1.165) is 22.6 Å². The predicted molar refractivity (Wildman–Crippen MR) is 143 cm³/mol. The SMILES string of the molecule is COc1ccc(N2C(=S)NC(c3ccccn3)C2c2cccn2Cc2cccnc2)cc1NC(C)=O. The van der Waals surface area contributed by atoms with Crippen molar-refractivity contribution in [2.24, 2.45) is 0 Å². The second-order valence-electron chi connectivity index (χ2n) is 8.48. The molecule has 1 amide bonds. The monoisotopic (exact) mass is 498 g/mol. The molecular weight excluding hydrogens is 472 g/mol. The molecule has 9 heteroatoms. The van der Waals surface area contributed by atoms with Gasteiger partial charge in [0.25, 0.3) is 0 Å². The molecule has 5 rings (SSSR count). The molecule has 4 aromatic rings. The zero-order valence-electron chi connectivity index (χ0n) is 20.0. The number of aromatic nitrogens is 3.